The molecule has 0 spiro atoms. The van der Waals surface area contributed by atoms with E-state index in [9.17, 15) is 9.90 Å². The first kappa shape index (κ1) is 25.5. The van der Waals surface area contributed by atoms with E-state index < -0.39 is 5.97 Å². The number of ether oxygens (including phenoxy) is 1. The van der Waals surface area contributed by atoms with Crippen LogP contribution >= 0.6 is 45.9 Å². The molecule has 202 valence electrons. The summed E-state index contributed by atoms with van der Waals surface area (Å²) >= 11 is 16.1. The third-order valence-corrected chi connectivity index (χ3v) is 10.4. The smallest absolute Gasteiger partial charge is 0.336 e. The predicted molar refractivity (Wildman–Crippen MR) is 153 cm³/mol. The monoisotopic (exact) mass is 601 g/mol. The number of rotatable bonds is 8. The minimum atomic E-state index is -0.911. The van der Waals surface area contributed by atoms with E-state index in [0.717, 1.165) is 65.6 Å². The van der Waals surface area contributed by atoms with Crippen LogP contribution in [0, 0.1) is 0 Å². The molecule has 1 aromatic carbocycles. The number of nitrogens with zero attached hydrogens (tertiary/aromatic N) is 3. The van der Waals surface area contributed by atoms with E-state index in [-0.39, 0.29) is 6.10 Å². The molecule has 1 N–H and O–H groups in total. The van der Waals surface area contributed by atoms with Crippen LogP contribution in [0.2, 0.25) is 10.0 Å². The zero-order chi connectivity index (χ0) is 26.7. The number of carbonyl (C=O) groups is 1. The Morgan fingerprint density at radius 1 is 1.10 bits per heavy atom. The standard InChI is InChI=1S/C28H25Cl2N3O4S2/c29-20-2-1-3-21(30)24(20)25-19(26(37-32-25)14-4-5-14)11-36-18-9-16-6-7-17(10-18)33(16)28-31-22(13-39-28)23-8-15(12-38-23)27(34)35/h1-3,8,12-14,16-18H,4-7,9-11H2,(H,34,35)/t16-,17+,18-. The molecule has 2 aliphatic heterocycles. The number of piperidine rings is 1. The second kappa shape index (κ2) is 10.2. The van der Waals surface area contributed by atoms with Crippen LogP contribution in [0.1, 0.15) is 66.1 Å². The average Bonchev–Trinajstić information content (AvgIpc) is 3.25. The highest BCUT2D eigenvalue weighted by atomic mass is 35.5. The summed E-state index contributed by atoms with van der Waals surface area (Å²) < 4.78 is 12.4. The predicted octanol–water partition coefficient (Wildman–Crippen LogP) is 8.13. The summed E-state index contributed by atoms with van der Waals surface area (Å²) in [6.45, 7) is 0.419. The van der Waals surface area contributed by atoms with Gasteiger partial charge in [0.25, 0.3) is 0 Å². The highest BCUT2D eigenvalue weighted by molar-refractivity contribution is 7.16. The Labute approximate surface area is 243 Å². The number of fused-ring (bicyclic) bond motifs is 2. The maximum Gasteiger partial charge on any atom is 0.336 e. The highest BCUT2D eigenvalue weighted by Gasteiger charge is 2.43. The number of anilines is 1. The van der Waals surface area contributed by atoms with Crippen LogP contribution < -0.4 is 4.90 Å². The number of thiophene rings is 1. The van der Waals surface area contributed by atoms with Crippen molar-refractivity contribution >= 4 is 57.0 Å². The number of hydrogen-bond donors (Lipinski definition) is 1. The SMILES string of the molecule is O=C(O)c1csc(-c2csc(N3[C@@H]4CC[C@H]3C[C@H](OCc3c(-c5c(Cl)cccc5Cl)noc3C3CC3)C4)n2)c1. The zero-order valence-electron chi connectivity index (χ0n) is 20.8. The van der Waals surface area contributed by atoms with Gasteiger partial charge in [-0.25, -0.2) is 9.78 Å². The lowest BCUT2D eigenvalue weighted by Gasteiger charge is -2.38. The number of aromatic nitrogens is 2. The summed E-state index contributed by atoms with van der Waals surface area (Å²) in [5.41, 5.74) is 3.49. The Hall–Kier alpha value is -2.43. The molecule has 3 fully saturated rings. The number of carboxylic acid groups (broad SMARTS) is 1. The Bertz CT molecular complexity index is 1510. The Morgan fingerprint density at radius 3 is 2.51 bits per heavy atom. The van der Waals surface area contributed by atoms with Gasteiger partial charge in [0.2, 0.25) is 0 Å². The van der Waals surface area contributed by atoms with E-state index in [2.05, 4.69) is 10.1 Å². The maximum atomic E-state index is 11.3. The Kier molecular flexibility index (Phi) is 6.67. The van der Waals surface area contributed by atoms with Gasteiger partial charge in [-0.05, 0) is 56.7 Å². The van der Waals surface area contributed by atoms with Crippen molar-refractivity contribution in [2.45, 2.75) is 69.2 Å². The average molecular weight is 603 g/mol. The van der Waals surface area contributed by atoms with Crippen molar-refractivity contribution in [3.63, 3.8) is 0 Å². The van der Waals surface area contributed by atoms with E-state index in [1.54, 1.807) is 22.8 Å². The van der Waals surface area contributed by atoms with Gasteiger partial charge in [0.1, 0.15) is 11.5 Å². The molecule has 0 amide bonds. The lowest BCUT2D eigenvalue weighted by molar-refractivity contribution is 0.0147. The molecule has 39 heavy (non-hydrogen) atoms. The van der Waals surface area contributed by atoms with Gasteiger partial charge in [-0.3, -0.25) is 0 Å². The molecule has 3 aliphatic rings. The molecule has 7 nitrogen and oxygen atoms in total. The topological polar surface area (TPSA) is 88.7 Å². The molecule has 3 aromatic heterocycles. The largest absolute Gasteiger partial charge is 0.478 e. The van der Waals surface area contributed by atoms with Crippen LogP contribution in [0.5, 0.6) is 0 Å². The first-order valence-electron chi connectivity index (χ1n) is 13.1. The van der Waals surface area contributed by atoms with E-state index in [1.807, 2.05) is 23.6 Å². The molecule has 3 atom stereocenters. The van der Waals surface area contributed by atoms with Gasteiger partial charge in [-0.15, -0.1) is 22.7 Å². The number of carboxylic acids is 1. The number of aromatic carboxylic acids is 1. The fourth-order valence-corrected chi connectivity index (χ4v) is 8.37. The summed E-state index contributed by atoms with van der Waals surface area (Å²) in [6.07, 6.45) is 6.41. The lowest BCUT2D eigenvalue weighted by Crippen LogP contribution is -2.45. The maximum absolute atomic E-state index is 11.3. The summed E-state index contributed by atoms with van der Waals surface area (Å²) in [7, 11) is 0. The van der Waals surface area contributed by atoms with E-state index in [4.69, 9.17) is 37.4 Å². The van der Waals surface area contributed by atoms with Crippen molar-refractivity contribution in [2.75, 3.05) is 4.90 Å². The quantitative estimate of drug-likeness (QED) is 0.218. The van der Waals surface area contributed by atoms with Crippen molar-refractivity contribution in [3.05, 3.63) is 62.0 Å². The Morgan fingerprint density at radius 2 is 1.85 bits per heavy atom. The molecule has 5 heterocycles. The Balaban J connectivity index is 1.07. The van der Waals surface area contributed by atoms with Gasteiger partial charge < -0.3 is 19.3 Å². The van der Waals surface area contributed by atoms with Crippen molar-refractivity contribution < 1.29 is 19.2 Å². The van der Waals surface area contributed by atoms with Gasteiger partial charge in [0, 0.05) is 39.9 Å². The second-order valence-corrected chi connectivity index (χ2v) is 13.0. The van der Waals surface area contributed by atoms with Crippen molar-refractivity contribution in [1.82, 2.24) is 10.1 Å². The third-order valence-electron chi connectivity index (χ3n) is 7.93. The number of halogens is 2. The van der Waals surface area contributed by atoms with Crippen molar-refractivity contribution in [2.24, 2.45) is 0 Å². The van der Waals surface area contributed by atoms with Crippen molar-refractivity contribution in [3.8, 4) is 21.8 Å². The molecule has 1 saturated carbocycles. The van der Waals surface area contributed by atoms with E-state index in [0.29, 0.717) is 51.5 Å². The minimum absolute atomic E-state index is 0.130. The van der Waals surface area contributed by atoms with Gasteiger partial charge in [0.05, 0.1) is 38.9 Å². The summed E-state index contributed by atoms with van der Waals surface area (Å²) in [4.78, 5) is 19.5. The molecule has 0 unspecified atom stereocenters. The fourth-order valence-electron chi connectivity index (χ4n) is 5.90. The normalized spacial score (nSPS) is 22.5. The number of hydrogen-bond acceptors (Lipinski definition) is 8. The van der Waals surface area contributed by atoms with Gasteiger partial charge >= 0.3 is 5.97 Å². The van der Waals surface area contributed by atoms with Crippen LogP contribution in [0.4, 0.5) is 5.13 Å². The third kappa shape index (κ3) is 4.78. The molecule has 4 aromatic rings. The van der Waals surface area contributed by atoms with Gasteiger partial charge in [0.15, 0.2) is 5.13 Å². The number of benzene rings is 1. The van der Waals surface area contributed by atoms with Crippen LogP contribution in [0.25, 0.3) is 21.8 Å². The molecular weight excluding hydrogens is 577 g/mol. The molecule has 2 bridgehead atoms. The molecule has 2 saturated heterocycles. The second-order valence-electron chi connectivity index (χ2n) is 10.5. The molecular formula is C28H25Cl2N3O4S2. The van der Waals surface area contributed by atoms with Crippen LogP contribution in [0.3, 0.4) is 0 Å². The molecule has 7 rings (SSSR count). The highest BCUT2D eigenvalue weighted by Crippen LogP contribution is 2.47. The van der Waals surface area contributed by atoms with E-state index >= 15 is 0 Å². The summed E-state index contributed by atoms with van der Waals surface area (Å²) in [6, 6.07) is 7.90. The minimum Gasteiger partial charge on any atom is -0.478 e. The zero-order valence-corrected chi connectivity index (χ0v) is 24.0. The van der Waals surface area contributed by atoms with Gasteiger partial charge in [-0.1, -0.05) is 34.4 Å². The summed E-state index contributed by atoms with van der Waals surface area (Å²) in [5.74, 6) is 0.375. The van der Waals surface area contributed by atoms with Crippen LogP contribution in [-0.4, -0.2) is 39.4 Å². The lowest BCUT2D eigenvalue weighted by atomic mass is 10.00. The van der Waals surface area contributed by atoms with Crippen LogP contribution in [-0.2, 0) is 11.3 Å². The van der Waals surface area contributed by atoms with Crippen LogP contribution in [0.15, 0.2) is 39.5 Å². The van der Waals surface area contributed by atoms with Gasteiger partial charge in [-0.2, -0.15) is 0 Å². The number of thiazole rings is 1. The molecule has 1 aliphatic carbocycles. The molecule has 0 radical (unpaired) electrons. The van der Waals surface area contributed by atoms with E-state index in [1.165, 1.54) is 11.3 Å². The first-order valence-corrected chi connectivity index (χ1v) is 15.6. The first-order chi connectivity index (χ1) is 19.0. The van der Waals surface area contributed by atoms with Crippen molar-refractivity contribution in [1.29, 1.82) is 0 Å². The molecule has 11 heteroatoms. The fraction of sp³-hybridized carbons (Fsp3) is 0.393. The summed E-state index contributed by atoms with van der Waals surface area (Å²) in [5, 5.41) is 19.4.